The molecule has 0 aliphatic carbocycles. The van der Waals surface area contributed by atoms with Crippen LogP contribution in [-0.4, -0.2) is 72.3 Å². The molecule has 0 aromatic carbocycles. The molecule has 2 aliphatic heterocycles. The Morgan fingerprint density at radius 2 is 1.93 bits per heavy atom. The summed E-state index contributed by atoms with van der Waals surface area (Å²) in [5, 5.41) is 11.3. The molecule has 2 saturated heterocycles. The van der Waals surface area contributed by atoms with Gasteiger partial charge in [-0.3, -0.25) is 19.4 Å². The van der Waals surface area contributed by atoms with Crippen LogP contribution in [0.2, 0.25) is 0 Å². The van der Waals surface area contributed by atoms with Crippen LogP contribution in [0.5, 0.6) is 0 Å². The number of hydrogen-bond donors (Lipinski definition) is 1. The van der Waals surface area contributed by atoms with Crippen molar-refractivity contribution in [2.75, 3.05) is 19.6 Å². The second kappa shape index (κ2) is 7.61. The molecule has 156 valence electrons. The number of nitrogens with one attached hydrogen (secondary N) is 1. The lowest BCUT2D eigenvalue weighted by molar-refractivity contribution is -0.143. The van der Waals surface area contributed by atoms with Crippen molar-refractivity contribution in [3.05, 3.63) is 28.6 Å². The molecule has 9 heteroatoms. The van der Waals surface area contributed by atoms with Crippen molar-refractivity contribution in [2.45, 2.75) is 52.5 Å². The first-order valence-corrected chi connectivity index (χ1v) is 10.3. The highest BCUT2D eigenvalue weighted by atomic mass is 16.2. The largest absolute Gasteiger partial charge is 0.340 e. The van der Waals surface area contributed by atoms with Gasteiger partial charge >= 0.3 is 0 Å². The molecule has 0 saturated carbocycles. The first kappa shape index (κ1) is 19.6. The number of piperidine rings is 2. The lowest BCUT2D eigenvalue weighted by atomic mass is 9.86. The summed E-state index contributed by atoms with van der Waals surface area (Å²) in [5.74, 6) is 1.86. The number of likely N-dealkylation sites (tertiary alicyclic amines) is 2. The third-order valence-electron chi connectivity index (χ3n) is 6.35. The predicted molar refractivity (Wildman–Crippen MR) is 106 cm³/mol. The van der Waals surface area contributed by atoms with Gasteiger partial charge in [0.05, 0.1) is 18.5 Å². The van der Waals surface area contributed by atoms with E-state index in [0.29, 0.717) is 30.5 Å². The van der Waals surface area contributed by atoms with E-state index in [1.165, 1.54) is 0 Å². The number of fused-ring (bicyclic) bond motifs is 2. The lowest BCUT2D eigenvalue weighted by Crippen LogP contribution is -2.58. The number of nitrogens with zero attached hydrogens (tertiary/aromatic N) is 6. The fraction of sp³-hybridized carbons (Fsp3) is 0.650. The molecular formula is C20H29N7O2. The summed E-state index contributed by atoms with van der Waals surface area (Å²) in [6.07, 6.45) is 2.49. The molecule has 29 heavy (non-hydrogen) atoms. The molecule has 2 unspecified atom stereocenters. The Morgan fingerprint density at radius 1 is 1.14 bits per heavy atom. The van der Waals surface area contributed by atoms with Gasteiger partial charge in [0, 0.05) is 44.0 Å². The molecule has 4 rings (SSSR count). The normalized spacial score (nSPS) is 21.5. The Hall–Kier alpha value is -2.71. The average Bonchev–Trinajstić information content (AvgIpc) is 3.19. The lowest BCUT2D eigenvalue weighted by Gasteiger charge is -2.47. The fourth-order valence-corrected chi connectivity index (χ4v) is 4.69. The Balaban J connectivity index is 1.43. The van der Waals surface area contributed by atoms with Crippen LogP contribution in [0.1, 0.15) is 41.4 Å². The van der Waals surface area contributed by atoms with Gasteiger partial charge in [0.2, 0.25) is 11.8 Å². The minimum absolute atomic E-state index is 0.0342. The van der Waals surface area contributed by atoms with Crippen LogP contribution in [0.25, 0.3) is 0 Å². The maximum atomic E-state index is 13.1. The number of hydrogen-bond acceptors (Lipinski definition) is 5. The van der Waals surface area contributed by atoms with Gasteiger partial charge in [-0.1, -0.05) is 0 Å². The summed E-state index contributed by atoms with van der Waals surface area (Å²) >= 11 is 0. The summed E-state index contributed by atoms with van der Waals surface area (Å²) in [4.78, 5) is 34.0. The maximum absolute atomic E-state index is 13.1. The number of carbonyl (C=O) groups excluding carboxylic acids is 2. The van der Waals surface area contributed by atoms with E-state index in [1.54, 1.807) is 0 Å². The van der Waals surface area contributed by atoms with Gasteiger partial charge in [-0.05, 0) is 39.5 Å². The van der Waals surface area contributed by atoms with Crippen molar-refractivity contribution in [1.82, 2.24) is 34.8 Å². The molecule has 2 bridgehead atoms. The maximum Gasteiger partial charge on any atom is 0.230 e. The van der Waals surface area contributed by atoms with E-state index < -0.39 is 0 Å². The molecule has 2 atom stereocenters. The first-order chi connectivity index (χ1) is 13.8. The van der Waals surface area contributed by atoms with Crippen molar-refractivity contribution in [3.63, 3.8) is 0 Å². The van der Waals surface area contributed by atoms with E-state index in [0.717, 1.165) is 42.9 Å². The Morgan fingerprint density at radius 3 is 2.59 bits per heavy atom. The predicted octanol–water partition coefficient (Wildman–Crippen LogP) is 0.698. The second-order valence-corrected chi connectivity index (χ2v) is 8.39. The number of aromatic amines is 1. The van der Waals surface area contributed by atoms with E-state index >= 15 is 0 Å². The van der Waals surface area contributed by atoms with Crippen LogP contribution in [-0.2, 0) is 29.5 Å². The van der Waals surface area contributed by atoms with Crippen molar-refractivity contribution < 1.29 is 9.59 Å². The summed E-state index contributed by atoms with van der Waals surface area (Å²) < 4.78 is 1.83. The molecule has 2 aliphatic rings. The number of H-pyrrole nitrogens is 1. The quantitative estimate of drug-likeness (QED) is 0.816. The molecule has 9 nitrogen and oxygen atoms in total. The zero-order chi connectivity index (χ0) is 20.7. The van der Waals surface area contributed by atoms with Crippen molar-refractivity contribution in [1.29, 1.82) is 0 Å². The highest BCUT2D eigenvalue weighted by molar-refractivity contribution is 5.81. The van der Waals surface area contributed by atoms with E-state index in [4.69, 9.17) is 0 Å². The number of aromatic nitrogens is 5. The standard InChI is InChI=1S/C20H29N7O2/c1-12-17(13(2)25(4)24-12)8-20(29)27-6-5-15-7-16(27)11-26(10-15)19(28)9-18-21-14(3)22-23-18/h15-16H,5-11H2,1-4H3,(H,21,22,23). The van der Waals surface area contributed by atoms with E-state index in [9.17, 15) is 9.59 Å². The SMILES string of the molecule is Cc1nc(CC(=O)N2CC3CCN(C(=O)Cc4c(C)nn(C)c4C)C(C3)C2)n[nH]1. The van der Waals surface area contributed by atoms with Crippen LogP contribution in [0.4, 0.5) is 0 Å². The second-order valence-electron chi connectivity index (χ2n) is 8.39. The highest BCUT2D eigenvalue weighted by Crippen LogP contribution is 2.30. The smallest absolute Gasteiger partial charge is 0.230 e. The molecule has 2 aromatic heterocycles. The number of carbonyl (C=O) groups is 2. The molecule has 2 aromatic rings. The van der Waals surface area contributed by atoms with Gasteiger partial charge in [-0.25, -0.2) is 4.98 Å². The Labute approximate surface area is 170 Å². The summed E-state index contributed by atoms with van der Waals surface area (Å²) in [7, 11) is 1.90. The Kier molecular flexibility index (Phi) is 5.14. The topological polar surface area (TPSA) is 100 Å². The number of aryl methyl sites for hydroxylation is 3. The van der Waals surface area contributed by atoms with Crippen LogP contribution in [0, 0.1) is 26.7 Å². The zero-order valence-electron chi connectivity index (χ0n) is 17.6. The van der Waals surface area contributed by atoms with Gasteiger partial charge in [0.15, 0.2) is 5.82 Å². The van der Waals surface area contributed by atoms with Crippen LogP contribution in [0.15, 0.2) is 0 Å². The third kappa shape index (κ3) is 3.90. The van der Waals surface area contributed by atoms with Gasteiger partial charge in [0.1, 0.15) is 5.82 Å². The molecule has 2 amide bonds. The van der Waals surface area contributed by atoms with Crippen molar-refractivity contribution in [3.8, 4) is 0 Å². The first-order valence-electron chi connectivity index (χ1n) is 10.3. The van der Waals surface area contributed by atoms with Gasteiger partial charge in [-0.2, -0.15) is 10.2 Å². The monoisotopic (exact) mass is 399 g/mol. The number of rotatable bonds is 4. The summed E-state index contributed by atoms with van der Waals surface area (Å²) in [5.41, 5.74) is 2.96. The highest BCUT2D eigenvalue weighted by Gasteiger charge is 2.39. The minimum atomic E-state index is 0.0342. The minimum Gasteiger partial charge on any atom is -0.340 e. The third-order valence-corrected chi connectivity index (χ3v) is 6.35. The molecule has 2 fully saturated rings. The van der Waals surface area contributed by atoms with Crippen molar-refractivity contribution in [2.24, 2.45) is 13.0 Å². The van der Waals surface area contributed by atoms with Crippen molar-refractivity contribution >= 4 is 11.8 Å². The van der Waals surface area contributed by atoms with Crippen LogP contribution >= 0.6 is 0 Å². The molecule has 0 spiro atoms. The fourth-order valence-electron chi connectivity index (χ4n) is 4.69. The van der Waals surface area contributed by atoms with E-state index in [2.05, 4.69) is 20.3 Å². The molecule has 0 radical (unpaired) electrons. The molecule has 1 N–H and O–H groups in total. The number of amides is 2. The zero-order valence-corrected chi connectivity index (χ0v) is 17.6. The van der Waals surface area contributed by atoms with Gasteiger partial charge < -0.3 is 9.80 Å². The van der Waals surface area contributed by atoms with E-state index in [-0.39, 0.29) is 24.3 Å². The van der Waals surface area contributed by atoms with Gasteiger partial charge in [0.25, 0.3) is 0 Å². The van der Waals surface area contributed by atoms with Crippen LogP contribution in [0.3, 0.4) is 0 Å². The molecule has 4 heterocycles. The summed E-state index contributed by atoms with van der Waals surface area (Å²) in [6, 6.07) is 0.0881. The van der Waals surface area contributed by atoms with Crippen LogP contribution < -0.4 is 0 Å². The Bertz CT molecular complexity index is 931. The average molecular weight is 399 g/mol. The van der Waals surface area contributed by atoms with Gasteiger partial charge in [-0.15, -0.1) is 0 Å². The molecular weight excluding hydrogens is 370 g/mol. The summed E-state index contributed by atoms with van der Waals surface area (Å²) in [6.45, 7) is 7.90. The van der Waals surface area contributed by atoms with E-state index in [1.807, 2.05) is 42.3 Å².